The van der Waals surface area contributed by atoms with Gasteiger partial charge in [-0.15, -0.1) is 0 Å². The summed E-state index contributed by atoms with van der Waals surface area (Å²) in [5, 5.41) is 0. The first-order valence-corrected chi connectivity index (χ1v) is 6.30. The number of nitrogens with two attached hydrogens (primary N) is 1. The van der Waals surface area contributed by atoms with Crippen LogP contribution in [-0.2, 0) is 16.1 Å². The standard InChI is InChI=1S/C14H21NO2/c15-11-14(8-4-5-9-14)17-12-16-10-13-6-2-1-3-7-13/h1-3,6-7H,4-5,8-12,15H2. The zero-order chi connectivity index (χ0) is 12.0. The second kappa shape index (κ2) is 6.15. The molecular formula is C14H21NO2. The average Bonchev–Trinajstić information content (AvgIpc) is 2.85. The molecule has 0 aliphatic heterocycles. The van der Waals surface area contributed by atoms with Crippen LogP contribution in [0.2, 0.25) is 0 Å². The number of ether oxygens (including phenoxy) is 2. The maximum Gasteiger partial charge on any atom is 0.147 e. The summed E-state index contributed by atoms with van der Waals surface area (Å²) in [6.45, 7) is 1.54. The predicted molar refractivity (Wildman–Crippen MR) is 67.4 cm³/mol. The van der Waals surface area contributed by atoms with Gasteiger partial charge in [0.15, 0.2) is 0 Å². The van der Waals surface area contributed by atoms with Gasteiger partial charge in [0, 0.05) is 6.54 Å². The van der Waals surface area contributed by atoms with E-state index in [4.69, 9.17) is 15.2 Å². The fraction of sp³-hybridized carbons (Fsp3) is 0.571. The van der Waals surface area contributed by atoms with E-state index >= 15 is 0 Å². The second-order valence-corrected chi connectivity index (χ2v) is 4.69. The van der Waals surface area contributed by atoms with Gasteiger partial charge in [-0.2, -0.15) is 0 Å². The second-order valence-electron chi connectivity index (χ2n) is 4.69. The fourth-order valence-corrected chi connectivity index (χ4v) is 2.33. The van der Waals surface area contributed by atoms with E-state index in [-0.39, 0.29) is 5.60 Å². The molecule has 94 valence electrons. The van der Waals surface area contributed by atoms with E-state index in [1.165, 1.54) is 18.4 Å². The third kappa shape index (κ3) is 3.53. The number of rotatable bonds is 6. The smallest absolute Gasteiger partial charge is 0.147 e. The third-order valence-corrected chi connectivity index (χ3v) is 3.45. The summed E-state index contributed by atoms with van der Waals surface area (Å²) in [5.41, 5.74) is 6.84. The van der Waals surface area contributed by atoms with Gasteiger partial charge in [0.05, 0.1) is 12.2 Å². The molecule has 0 spiro atoms. The van der Waals surface area contributed by atoms with Gasteiger partial charge in [-0.25, -0.2) is 0 Å². The van der Waals surface area contributed by atoms with Gasteiger partial charge in [-0.3, -0.25) is 0 Å². The molecule has 2 rings (SSSR count). The Balaban J connectivity index is 1.69. The van der Waals surface area contributed by atoms with Crippen molar-refractivity contribution in [3.63, 3.8) is 0 Å². The van der Waals surface area contributed by atoms with Crippen LogP contribution < -0.4 is 5.73 Å². The average molecular weight is 235 g/mol. The van der Waals surface area contributed by atoms with E-state index < -0.39 is 0 Å². The van der Waals surface area contributed by atoms with Crippen LogP contribution in [0.15, 0.2) is 30.3 Å². The lowest BCUT2D eigenvalue weighted by atomic mass is 10.0. The Labute approximate surface area is 103 Å². The Morgan fingerprint density at radius 1 is 1.12 bits per heavy atom. The molecule has 1 fully saturated rings. The quantitative estimate of drug-likeness (QED) is 0.608. The first kappa shape index (κ1) is 12.6. The topological polar surface area (TPSA) is 44.5 Å². The van der Waals surface area contributed by atoms with Gasteiger partial charge in [0.1, 0.15) is 6.79 Å². The molecule has 0 amide bonds. The highest BCUT2D eigenvalue weighted by Crippen LogP contribution is 2.32. The predicted octanol–water partition coefficient (Wildman–Crippen LogP) is 2.45. The summed E-state index contributed by atoms with van der Waals surface area (Å²) in [6.07, 6.45) is 4.57. The molecule has 1 aromatic rings. The van der Waals surface area contributed by atoms with Crippen molar-refractivity contribution in [3.05, 3.63) is 35.9 Å². The highest BCUT2D eigenvalue weighted by atomic mass is 16.7. The van der Waals surface area contributed by atoms with Crippen molar-refractivity contribution in [3.8, 4) is 0 Å². The third-order valence-electron chi connectivity index (χ3n) is 3.45. The fourth-order valence-electron chi connectivity index (χ4n) is 2.33. The minimum Gasteiger partial charge on any atom is -0.351 e. The van der Waals surface area contributed by atoms with E-state index in [9.17, 15) is 0 Å². The number of benzene rings is 1. The van der Waals surface area contributed by atoms with E-state index in [1.54, 1.807) is 0 Å². The number of hydrogen-bond donors (Lipinski definition) is 1. The Morgan fingerprint density at radius 2 is 1.82 bits per heavy atom. The molecule has 17 heavy (non-hydrogen) atoms. The largest absolute Gasteiger partial charge is 0.351 e. The van der Waals surface area contributed by atoms with Gasteiger partial charge < -0.3 is 15.2 Å². The molecule has 0 heterocycles. The molecule has 1 aliphatic carbocycles. The van der Waals surface area contributed by atoms with Crippen LogP contribution in [0.3, 0.4) is 0 Å². The van der Waals surface area contributed by atoms with Crippen LogP contribution in [0, 0.1) is 0 Å². The molecule has 0 aromatic heterocycles. The van der Waals surface area contributed by atoms with Crippen molar-refractivity contribution in [2.24, 2.45) is 5.73 Å². The van der Waals surface area contributed by atoms with Crippen LogP contribution >= 0.6 is 0 Å². The summed E-state index contributed by atoms with van der Waals surface area (Å²) in [5.74, 6) is 0. The van der Waals surface area contributed by atoms with Crippen molar-refractivity contribution in [1.29, 1.82) is 0 Å². The maximum absolute atomic E-state index is 5.81. The minimum atomic E-state index is -0.114. The molecule has 1 saturated carbocycles. The van der Waals surface area contributed by atoms with E-state index in [2.05, 4.69) is 0 Å². The first-order valence-electron chi connectivity index (χ1n) is 6.30. The van der Waals surface area contributed by atoms with Gasteiger partial charge in [0.2, 0.25) is 0 Å². The molecule has 1 aromatic carbocycles. The van der Waals surface area contributed by atoms with Gasteiger partial charge in [-0.1, -0.05) is 43.2 Å². The monoisotopic (exact) mass is 235 g/mol. The van der Waals surface area contributed by atoms with Crippen LogP contribution in [0.5, 0.6) is 0 Å². The van der Waals surface area contributed by atoms with Crippen LogP contribution in [0.4, 0.5) is 0 Å². The van der Waals surface area contributed by atoms with Crippen molar-refractivity contribution >= 4 is 0 Å². The summed E-state index contributed by atoms with van der Waals surface area (Å²) < 4.78 is 11.3. The zero-order valence-corrected chi connectivity index (χ0v) is 10.2. The molecular weight excluding hydrogens is 214 g/mol. The lowest BCUT2D eigenvalue weighted by Crippen LogP contribution is -2.38. The van der Waals surface area contributed by atoms with Crippen molar-refractivity contribution in [2.75, 3.05) is 13.3 Å². The van der Waals surface area contributed by atoms with Crippen molar-refractivity contribution in [2.45, 2.75) is 37.9 Å². The van der Waals surface area contributed by atoms with Gasteiger partial charge >= 0.3 is 0 Å². The normalized spacial score (nSPS) is 18.4. The van der Waals surface area contributed by atoms with E-state index in [0.29, 0.717) is 19.9 Å². The Kier molecular flexibility index (Phi) is 4.54. The van der Waals surface area contributed by atoms with Crippen molar-refractivity contribution in [1.82, 2.24) is 0 Å². The van der Waals surface area contributed by atoms with E-state index in [0.717, 1.165) is 12.8 Å². The van der Waals surface area contributed by atoms with E-state index in [1.807, 2.05) is 30.3 Å². The summed E-state index contributed by atoms with van der Waals surface area (Å²) in [4.78, 5) is 0. The molecule has 0 radical (unpaired) electrons. The van der Waals surface area contributed by atoms with Crippen molar-refractivity contribution < 1.29 is 9.47 Å². The maximum atomic E-state index is 5.81. The molecule has 0 saturated heterocycles. The molecule has 0 unspecified atom stereocenters. The summed E-state index contributed by atoms with van der Waals surface area (Å²) in [7, 11) is 0. The SMILES string of the molecule is NCC1(OCOCc2ccccc2)CCCC1. The molecule has 3 nitrogen and oxygen atoms in total. The molecule has 3 heteroatoms. The van der Waals surface area contributed by atoms with Gasteiger partial charge in [0.25, 0.3) is 0 Å². The molecule has 1 aliphatic rings. The highest BCUT2D eigenvalue weighted by molar-refractivity contribution is 5.13. The molecule has 0 bridgehead atoms. The summed E-state index contributed by atoms with van der Waals surface area (Å²) >= 11 is 0. The van der Waals surface area contributed by atoms with Crippen LogP contribution in [0.25, 0.3) is 0 Å². The zero-order valence-electron chi connectivity index (χ0n) is 10.2. The Bertz CT molecular complexity index is 320. The first-order chi connectivity index (χ1) is 8.35. The van der Waals surface area contributed by atoms with Gasteiger partial charge in [-0.05, 0) is 18.4 Å². The lowest BCUT2D eigenvalue weighted by Gasteiger charge is -2.27. The Morgan fingerprint density at radius 3 is 2.47 bits per heavy atom. The molecule has 0 atom stereocenters. The molecule has 2 N–H and O–H groups in total. The van der Waals surface area contributed by atoms with Crippen LogP contribution in [-0.4, -0.2) is 18.9 Å². The number of hydrogen-bond acceptors (Lipinski definition) is 3. The van der Waals surface area contributed by atoms with Crippen LogP contribution in [0.1, 0.15) is 31.2 Å². The minimum absolute atomic E-state index is 0.114. The summed E-state index contributed by atoms with van der Waals surface area (Å²) in [6, 6.07) is 10.1. The highest BCUT2D eigenvalue weighted by Gasteiger charge is 2.33. The lowest BCUT2D eigenvalue weighted by molar-refractivity contribution is -0.140. The Hall–Kier alpha value is -0.900.